The quantitative estimate of drug-likeness (QED) is 0.153. The number of aromatic nitrogens is 3. The molecule has 1 fully saturated rings. The lowest BCUT2D eigenvalue weighted by atomic mass is 10.1. The number of fused-ring (bicyclic) bond motifs is 1. The van der Waals surface area contributed by atoms with E-state index in [0.29, 0.717) is 34.1 Å². The molecule has 1 aliphatic rings. The van der Waals surface area contributed by atoms with Crippen LogP contribution in [0.2, 0.25) is 0 Å². The van der Waals surface area contributed by atoms with Crippen LogP contribution in [-0.4, -0.2) is 45.3 Å². The molecule has 10 heteroatoms. The van der Waals surface area contributed by atoms with Crippen molar-refractivity contribution in [1.29, 1.82) is 0 Å². The Morgan fingerprint density at radius 1 is 0.840 bits per heavy atom. The first-order valence-corrected chi connectivity index (χ1v) is 16.4. The van der Waals surface area contributed by atoms with Crippen LogP contribution < -0.4 is 5.32 Å². The topological polar surface area (TPSA) is 105 Å². The summed E-state index contributed by atoms with van der Waals surface area (Å²) in [5.41, 5.74) is 5.88. The van der Waals surface area contributed by atoms with Crippen molar-refractivity contribution in [3.8, 4) is 11.1 Å². The van der Waals surface area contributed by atoms with Gasteiger partial charge in [-0.05, 0) is 74.9 Å². The van der Waals surface area contributed by atoms with Crippen molar-refractivity contribution >= 4 is 34.5 Å². The largest absolute Gasteiger partial charge is 0.459 e. The van der Waals surface area contributed by atoms with Gasteiger partial charge in [0, 0.05) is 23.9 Å². The van der Waals surface area contributed by atoms with Crippen molar-refractivity contribution < 1.29 is 28.2 Å². The summed E-state index contributed by atoms with van der Waals surface area (Å²) >= 11 is 0. The Kier molecular flexibility index (Phi) is 9.10. The number of carbonyl (C=O) groups is 2. The molecule has 0 spiro atoms. The second kappa shape index (κ2) is 13.9. The molecule has 0 bridgehead atoms. The number of rotatable bonds is 9. The summed E-state index contributed by atoms with van der Waals surface area (Å²) in [6, 6.07) is 30.1. The van der Waals surface area contributed by atoms with E-state index in [4.69, 9.17) is 24.2 Å². The molecule has 3 atom stereocenters. The van der Waals surface area contributed by atoms with E-state index in [-0.39, 0.29) is 18.8 Å². The summed E-state index contributed by atoms with van der Waals surface area (Å²) < 4.78 is 34.0. The third-order valence-corrected chi connectivity index (χ3v) is 8.68. The monoisotopic (exact) mass is 670 g/mol. The van der Waals surface area contributed by atoms with Gasteiger partial charge in [-0.2, -0.15) is 0 Å². The molecular weight excluding hydrogens is 635 g/mol. The summed E-state index contributed by atoms with van der Waals surface area (Å²) in [4.78, 5) is 35.9. The number of aryl methyl sites for hydroxylation is 3. The van der Waals surface area contributed by atoms with E-state index in [1.807, 2.05) is 79.2 Å². The minimum atomic E-state index is -0.763. The molecule has 4 aromatic carbocycles. The normalized spacial score (nSPS) is 17.1. The zero-order chi connectivity index (χ0) is 34.8. The minimum absolute atomic E-state index is 0.134. The molecule has 1 saturated heterocycles. The summed E-state index contributed by atoms with van der Waals surface area (Å²) in [5.74, 6) is -0.296. The number of esters is 2. The molecule has 50 heavy (non-hydrogen) atoms. The Balaban J connectivity index is 1.25. The van der Waals surface area contributed by atoms with Crippen molar-refractivity contribution in [2.75, 3.05) is 11.9 Å². The van der Waals surface area contributed by atoms with E-state index in [2.05, 4.69) is 5.32 Å². The van der Waals surface area contributed by atoms with Gasteiger partial charge in [-0.15, -0.1) is 0 Å². The molecule has 9 nitrogen and oxygen atoms in total. The number of hydrogen-bond acceptors (Lipinski definition) is 8. The number of nitrogens with one attached hydrogen (secondary N) is 1. The highest BCUT2D eigenvalue weighted by atomic mass is 19.1. The van der Waals surface area contributed by atoms with Crippen LogP contribution in [0.15, 0.2) is 109 Å². The highest BCUT2D eigenvalue weighted by Gasteiger charge is 2.41. The van der Waals surface area contributed by atoms with Crippen LogP contribution in [0.25, 0.3) is 22.2 Å². The van der Waals surface area contributed by atoms with Crippen LogP contribution >= 0.6 is 0 Å². The van der Waals surface area contributed by atoms with E-state index in [1.54, 1.807) is 43.3 Å². The minimum Gasteiger partial charge on any atom is -0.459 e. The highest BCUT2D eigenvalue weighted by molar-refractivity contribution is 6.02. The van der Waals surface area contributed by atoms with Crippen LogP contribution in [0.4, 0.5) is 15.9 Å². The number of carbonyl (C=O) groups excluding carboxylic acids is 2. The highest BCUT2D eigenvalue weighted by Crippen LogP contribution is 2.40. The van der Waals surface area contributed by atoms with Crippen LogP contribution in [-0.2, 0) is 14.2 Å². The van der Waals surface area contributed by atoms with Crippen molar-refractivity contribution in [2.24, 2.45) is 0 Å². The van der Waals surface area contributed by atoms with Gasteiger partial charge >= 0.3 is 11.9 Å². The number of anilines is 2. The van der Waals surface area contributed by atoms with E-state index >= 15 is 0 Å². The van der Waals surface area contributed by atoms with Gasteiger partial charge in [-0.25, -0.2) is 23.9 Å². The number of halogens is 1. The summed E-state index contributed by atoms with van der Waals surface area (Å²) in [7, 11) is 0. The molecule has 0 unspecified atom stereocenters. The first kappa shape index (κ1) is 32.7. The van der Waals surface area contributed by atoms with E-state index in [9.17, 15) is 14.0 Å². The summed E-state index contributed by atoms with van der Waals surface area (Å²) in [6.45, 7) is 5.55. The Labute approximate surface area is 288 Å². The van der Waals surface area contributed by atoms with Gasteiger partial charge in [0.25, 0.3) is 0 Å². The molecular formula is C40H35FN4O5. The van der Waals surface area contributed by atoms with Crippen LogP contribution in [0.3, 0.4) is 0 Å². The SMILES string of the molecule is Cc1ccc(C(=O)OC[C@H]2O[C@@H](n3cc(-c4ccccc4)c4c(Nc5ccc(F)cc5)nc(C)nc43)C[C@@H]2OC(=O)c2ccc(C)cc2)cc1. The van der Waals surface area contributed by atoms with Crippen LogP contribution in [0.1, 0.15) is 50.3 Å². The Hall–Kier alpha value is -5.87. The standard InChI is InChI=1S/C40H35FN4O5/c1-24-9-13-28(14-10-24)39(46)48-23-34-33(50-40(47)29-15-11-25(2)12-16-29)21-35(49-34)45-22-32(27-7-5-4-6-8-27)36-37(42-26(3)43-38(36)45)44-31-19-17-30(41)18-20-31/h4-20,22,33-35H,21,23H2,1-3H3,(H,42,43,44)/t33-,34+,35+/m0/s1. The van der Waals surface area contributed by atoms with Gasteiger partial charge in [0.1, 0.15) is 48.1 Å². The molecule has 0 aliphatic carbocycles. The van der Waals surface area contributed by atoms with Crippen molar-refractivity contribution in [2.45, 2.75) is 45.6 Å². The third kappa shape index (κ3) is 6.97. The smallest absolute Gasteiger partial charge is 0.338 e. The third-order valence-electron chi connectivity index (χ3n) is 8.68. The van der Waals surface area contributed by atoms with Crippen molar-refractivity contribution in [1.82, 2.24) is 14.5 Å². The Bertz CT molecular complexity index is 2150. The summed E-state index contributed by atoms with van der Waals surface area (Å²) in [5, 5.41) is 4.08. The molecule has 1 aliphatic heterocycles. The van der Waals surface area contributed by atoms with Gasteiger partial charge in [-0.1, -0.05) is 65.7 Å². The number of nitrogens with zero attached hydrogens (tertiary/aromatic N) is 3. The van der Waals surface area contributed by atoms with Gasteiger partial charge < -0.3 is 24.1 Å². The predicted molar refractivity (Wildman–Crippen MR) is 188 cm³/mol. The molecule has 0 radical (unpaired) electrons. The van der Waals surface area contributed by atoms with Crippen molar-refractivity contribution in [3.63, 3.8) is 0 Å². The maximum atomic E-state index is 13.7. The van der Waals surface area contributed by atoms with Crippen LogP contribution in [0, 0.1) is 26.6 Å². The second-order valence-electron chi connectivity index (χ2n) is 12.4. The number of hydrogen-bond donors (Lipinski definition) is 1. The fourth-order valence-electron chi connectivity index (χ4n) is 6.05. The predicted octanol–water partition coefficient (Wildman–Crippen LogP) is 8.28. The van der Waals surface area contributed by atoms with E-state index in [1.165, 1.54) is 12.1 Å². The fourth-order valence-corrected chi connectivity index (χ4v) is 6.05. The van der Waals surface area contributed by atoms with Gasteiger partial charge in [0.15, 0.2) is 0 Å². The lowest BCUT2D eigenvalue weighted by molar-refractivity contribution is -0.0562. The zero-order valence-corrected chi connectivity index (χ0v) is 27.8. The number of benzene rings is 4. The van der Waals surface area contributed by atoms with E-state index < -0.39 is 30.4 Å². The van der Waals surface area contributed by atoms with E-state index in [0.717, 1.165) is 27.6 Å². The maximum Gasteiger partial charge on any atom is 0.338 e. The Morgan fingerprint density at radius 2 is 1.48 bits per heavy atom. The molecule has 7 rings (SSSR count). The molecule has 2 aromatic heterocycles. The van der Waals surface area contributed by atoms with Gasteiger partial charge in [0.2, 0.25) is 0 Å². The molecule has 6 aromatic rings. The first-order chi connectivity index (χ1) is 24.2. The number of ether oxygens (including phenoxy) is 3. The lowest BCUT2D eigenvalue weighted by Crippen LogP contribution is -2.32. The molecule has 3 heterocycles. The fraction of sp³-hybridized carbons (Fsp3) is 0.200. The van der Waals surface area contributed by atoms with Gasteiger partial charge in [-0.3, -0.25) is 0 Å². The first-order valence-electron chi connectivity index (χ1n) is 16.4. The van der Waals surface area contributed by atoms with Crippen LogP contribution in [0.5, 0.6) is 0 Å². The second-order valence-corrected chi connectivity index (χ2v) is 12.4. The molecule has 0 amide bonds. The average Bonchev–Trinajstić information content (AvgIpc) is 3.70. The summed E-state index contributed by atoms with van der Waals surface area (Å²) in [6.07, 6.45) is 0.0836. The Morgan fingerprint density at radius 3 is 2.14 bits per heavy atom. The molecule has 0 saturated carbocycles. The van der Waals surface area contributed by atoms with Crippen molar-refractivity contribution in [3.05, 3.63) is 143 Å². The maximum absolute atomic E-state index is 13.7. The molecule has 1 N–H and O–H groups in total. The zero-order valence-electron chi connectivity index (χ0n) is 27.8. The van der Waals surface area contributed by atoms with Gasteiger partial charge in [0.05, 0.1) is 16.5 Å². The average molecular weight is 671 g/mol. The molecule has 252 valence electrons. The lowest BCUT2D eigenvalue weighted by Gasteiger charge is -2.19.